The maximum atomic E-state index is 12.9. The largest absolute Gasteiger partial charge is 0.330 e. The van der Waals surface area contributed by atoms with Crippen LogP contribution < -0.4 is 16.4 Å². The lowest BCUT2D eigenvalue weighted by Crippen LogP contribution is -2.52. The van der Waals surface area contributed by atoms with Crippen molar-refractivity contribution in [2.45, 2.75) is 57.3 Å². The van der Waals surface area contributed by atoms with E-state index in [-0.39, 0.29) is 29.6 Å². The minimum atomic E-state index is -0.569. The molecule has 4 fully saturated rings. The second kappa shape index (κ2) is 6.39. The van der Waals surface area contributed by atoms with Gasteiger partial charge in [-0.3, -0.25) is 19.7 Å². The summed E-state index contributed by atoms with van der Waals surface area (Å²) < 4.78 is 0. The summed E-state index contributed by atoms with van der Waals surface area (Å²) in [5.41, 5.74) is 9.08. The van der Waals surface area contributed by atoms with Crippen molar-refractivity contribution in [2.24, 2.45) is 17.1 Å². The molecule has 0 spiro atoms. The summed E-state index contributed by atoms with van der Waals surface area (Å²) in [4.78, 5) is 38.2. The molecule has 7 nitrogen and oxygen atoms in total. The van der Waals surface area contributed by atoms with E-state index in [1.54, 1.807) is 4.90 Å². The number of imide groups is 1. The lowest BCUT2D eigenvalue weighted by atomic mass is 9.68. The van der Waals surface area contributed by atoms with Crippen LogP contribution in [0, 0.1) is 11.3 Å². The number of rotatable bonds is 5. The van der Waals surface area contributed by atoms with Crippen molar-refractivity contribution in [3.05, 3.63) is 34.9 Å². The van der Waals surface area contributed by atoms with Crippen molar-refractivity contribution < 1.29 is 14.4 Å². The molecule has 3 aliphatic carbocycles. The van der Waals surface area contributed by atoms with E-state index in [4.69, 9.17) is 5.73 Å². The van der Waals surface area contributed by atoms with Gasteiger partial charge in [0.2, 0.25) is 11.8 Å². The number of carbonyl (C=O) groups is 3. The van der Waals surface area contributed by atoms with E-state index in [0.29, 0.717) is 31.1 Å². The Balaban J connectivity index is 1.32. The van der Waals surface area contributed by atoms with Crippen molar-refractivity contribution in [2.75, 3.05) is 6.54 Å². The highest BCUT2D eigenvalue weighted by Gasteiger charge is 2.55. The smallest absolute Gasteiger partial charge is 0.255 e. The standard InChI is InChI=1S/C21H26N4O3/c22-11-21-7-12(8-21)6-17(21)23-9-13-2-1-3-14-15(13)10-25(20(14)28)16-4-5-18(26)24-19(16)27/h1-3,12,16-17,23H,4-11,22H2,(H,24,26,27). The summed E-state index contributed by atoms with van der Waals surface area (Å²) in [7, 11) is 0. The first-order valence-corrected chi connectivity index (χ1v) is 10.2. The fourth-order valence-corrected chi connectivity index (χ4v) is 5.78. The third-order valence-corrected chi connectivity index (χ3v) is 7.32. The summed E-state index contributed by atoms with van der Waals surface area (Å²) in [5.74, 6) is 0.0619. The first kappa shape index (κ1) is 17.8. The Kier molecular flexibility index (Phi) is 4.07. The molecule has 2 unspecified atom stereocenters. The minimum absolute atomic E-state index is 0.118. The second-order valence-electron chi connectivity index (χ2n) is 8.85. The normalized spacial score (nSPS) is 33.7. The Morgan fingerprint density at radius 3 is 2.82 bits per heavy atom. The number of nitrogens with two attached hydrogens (primary N) is 1. The molecule has 2 bridgehead atoms. The highest BCUT2D eigenvalue weighted by molar-refractivity contribution is 6.05. The summed E-state index contributed by atoms with van der Waals surface area (Å²) in [5, 5.41) is 6.06. The Labute approximate surface area is 164 Å². The predicted molar refractivity (Wildman–Crippen MR) is 102 cm³/mol. The molecule has 1 aromatic carbocycles. The van der Waals surface area contributed by atoms with Crippen LogP contribution in [-0.4, -0.2) is 41.2 Å². The molecule has 7 heteroatoms. The van der Waals surface area contributed by atoms with Crippen LogP contribution in [0.5, 0.6) is 0 Å². The molecular weight excluding hydrogens is 356 g/mol. The van der Waals surface area contributed by atoms with Gasteiger partial charge in [-0.2, -0.15) is 0 Å². The molecule has 2 aliphatic heterocycles. The molecule has 0 aromatic heterocycles. The summed E-state index contributed by atoms with van der Waals surface area (Å²) in [6.07, 6.45) is 4.31. The second-order valence-corrected chi connectivity index (χ2v) is 8.85. The lowest BCUT2D eigenvalue weighted by Gasteiger charge is -2.40. The number of fused-ring (bicyclic) bond motifs is 2. The van der Waals surface area contributed by atoms with Gasteiger partial charge >= 0.3 is 0 Å². The van der Waals surface area contributed by atoms with Crippen molar-refractivity contribution in [3.63, 3.8) is 0 Å². The number of carbonyl (C=O) groups excluding carboxylic acids is 3. The van der Waals surface area contributed by atoms with Gasteiger partial charge in [0.05, 0.1) is 0 Å². The summed E-state index contributed by atoms with van der Waals surface area (Å²) >= 11 is 0. The molecule has 148 valence electrons. The van der Waals surface area contributed by atoms with Gasteiger partial charge in [-0.25, -0.2) is 0 Å². The first-order chi connectivity index (χ1) is 13.5. The average molecular weight is 382 g/mol. The van der Waals surface area contributed by atoms with Gasteiger partial charge in [-0.15, -0.1) is 0 Å². The van der Waals surface area contributed by atoms with Crippen LogP contribution in [0.15, 0.2) is 18.2 Å². The topological polar surface area (TPSA) is 105 Å². The third kappa shape index (κ3) is 2.60. The number of benzene rings is 1. The predicted octanol–water partition coefficient (Wildman–Crippen LogP) is 0.665. The van der Waals surface area contributed by atoms with Crippen molar-refractivity contribution >= 4 is 17.7 Å². The molecule has 6 rings (SSSR count). The molecule has 3 saturated carbocycles. The average Bonchev–Trinajstić information content (AvgIpc) is 3.29. The van der Waals surface area contributed by atoms with Gasteiger partial charge in [0.25, 0.3) is 5.91 Å². The molecule has 2 heterocycles. The van der Waals surface area contributed by atoms with Crippen molar-refractivity contribution in [1.82, 2.24) is 15.5 Å². The fraction of sp³-hybridized carbons (Fsp3) is 0.571. The zero-order valence-electron chi connectivity index (χ0n) is 15.9. The number of amides is 3. The number of piperidine rings is 1. The molecule has 4 N–H and O–H groups in total. The Hall–Kier alpha value is -2.25. The molecule has 1 aromatic rings. The SMILES string of the molecule is NCC12CC(CC1NCc1cccc3c1CN(C1CCC(=O)NC1=O)C3=O)C2. The number of hydrogen-bond donors (Lipinski definition) is 3. The van der Waals surface area contributed by atoms with Gasteiger partial charge in [0.1, 0.15) is 6.04 Å². The Bertz CT molecular complexity index is 861. The van der Waals surface area contributed by atoms with Gasteiger partial charge < -0.3 is 16.0 Å². The molecular formula is C21H26N4O3. The van der Waals surface area contributed by atoms with Crippen LogP contribution in [0.3, 0.4) is 0 Å². The van der Waals surface area contributed by atoms with Crippen LogP contribution in [0.2, 0.25) is 0 Å². The highest BCUT2D eigenvalue weighted by Crippen LogP contribution is 2.58. The lowest BCUT2D eigenvalue weighted by molar-refractivity contribution is -0.136. The van der Waals surface area contributed by atoms with E-state index >= 15 is 0 Å². The molecule has 2 atom stereocenters. The maximum absolute atomic E-state index is 12.9. The Morgan fingerprint density at radius 2 is 2.07 bits per heavy atom. The van der Waals surface area contributed by atoms with E-state index in [1.165, 1.54) is 19.3 Å². The Morgan fingerprint density at radius 1 is 1.25 bits per heavy atom. The zero-order valence-corrected chi connectivity index (χ0v) is 15.9. The number of hydrogen-bond acceptors (Lipinski definition) is 5. The number of nitrogens with one attached hydrogen (secondary N) is 2. The molecule has 1 saturated heterocycles. The minimum Gasteiger partial charge on any atom is -0.330 e. The van der Waals surface area contributed by atoms with E-state index in [1.807, 2.05) is 12.1 Å². The summed E-state index contributed by atoms with van der Waals surface area (Å²) in [6.45, 7) is 1.86. The zero-order chi connectivity index (χ0) is 19.5. The molecule has 5 aliphatic rings. The summed E-state index contributed by atoms with van der Waals surface area (Å²) in [6, 6.07) is 5.68. The number of nitrogens with zero attached hydrogens (tertiary/aromatic N) is 1. The van der Waals surface area contributed by atoms with E-state index in [9.17, 15) is 14.4 Å². The van der Waals surface area contributed by atoms with Gasteiger partial charge in [0, 0.05) is 31.1 Å². The van der Waals surface area contributed by atoms with E-state index in [2.05, 4.69) is 16.7 Å². The maximum Gasteiger partial charge on any atom is 0.255 e. The van der Waals surface area contributed by atoms with Crippen LogP contribution in [-0.2, 0) is 22.7 Å². The van der Waals surface area contributed by atoms with Gasteiger partial charge in [0.15, 0.2) is 0 Å². The van der Waals surface area contributed by atoms with Crippen molar-refractivity contribution in [1.29, 1.82) is 0 Å². The van der Waals surface area contributed by atoms with Crippen LogP contribution >= 0.6 is 0 Å². The monoisotopic (exact) mass is 382 g/mol. The van der Waals surface area contributed by atoms with E-state index < -0.39 is 6.04 Å². The molecule has 0 radical (unpaired) electrons. The highest BCUT2D eigenvalue weighted by atomic mass is 16.2. The third-order valence-electron chi connectivity index (χ3n) is 7.32. The van der Waals surface area contributed by atoms with Crippen molar-refractivity contribution in [3.8, 4) is 0 Å². The first-order valence-electron chi connectivity index (χ1n) is 10.2. The fourth-order valence-electron chi connectivity index (χ4n) is 5.78. The van der Waals surface area contributed by atoms with Gasteiger partial charge in [-0.1, -0.05) is 12.1 Å². The van der Waals surface area contributed by atoms with Gasteiger partial charge in [-0.05, 0) is 60.8 Å². The molecule has 3 amide bonds. The van der Waals surface area contributed by atoms with Crippen LogP contribution in [0.4, 0.5) is 0 Å². The molecule has 28 heavy (non-hydrogen) atoms. The van der Waals surface area contributed by atoms with Crippen LogP contribution in [0.25, 0.3) is 0 Å². The quantitative estimate of drug-likeness (QED) is 0.649. The van der Waals surface area contributed by atoms with Crippen LogP contribution in [0.1, 0.15) is 53.6 Å². The van der Waals surface area contributed by atoms with E-state index in [0.717, 1.165) is 23.6 Å².